The van der Waals surface area contributed by atoms with Gasteiger partial charge in [-0.25, -0.2) is 9.59 Å². The number of hydrogen-bond acceptors (Lipinski definition) is 8. The summed E-state index contributed by atoms with van der Waals surface area (Å²) >= 11 is 0. The molecule has 3 aromatic rings. The molecule has 9 heteroatoms. The summed E-state index contributed by atoms with van der Waals surface area (Å²) in [7, 11) is 0. The molecule has 0 bridgehead atoms. The normalized spacial score (nSPS) is 10.6. The molecule has 0 aliphatic rings. The van der Waals surface area contributed by atoms with Crippen molar-refractivity contribution in [1.82, 2.24) is 0 Å². The van der Waals surface area contributed by atoms with Gasteiger partial charge in [-0.3, -0.25) is 10.1 Å². The number of nitro groups is 1. The molecule has 0 radical (unpaired) electrons. The second-order valence-electron chi connectivity index (χ2n) is 10.1. The molecule has 0 heterocycles. The summed E-state index contributed by atoms with van der Waals surface area (Å²) in [5.74, 6) is 0.181. The molecule has 3 rings (SSSR count). The molecule has 0 aromatic heterocycles. The molecule has 0 N–H and O–H groups in total. The molecule has 9 nitrogen and oxygen atoms in total. The van der Waals surface area contributed by atoms with Gasteiger partial charge in [0, 0.05) is 11.6 Å². The van der Waals surface area contributed by atoms with Gasteiger partial charge in [0.05, 0.1) is 30.3 Å². The second-order valence-corrected chi connectivity index (χ2v) is 10.1. The van der Waals surface area contributed by atoms with Gasteiger partial charge in [0.1, 0.15) is 11.5 Å². The van der Waals surface area contributed by atoms with Crippen LogP contribution in [0.15, 0.2) is 78.9 Å². The highest BCUT2D eigenvalue weighted by molar-refractivity contribution is 5.92. The van der Waals surface area contributed by atoms with E-state index in [9.17, 15) is 19.7 Å². The first-order valence-corrected chi connectivity index (χ1v) is 14.6. The number of unbranched alkanes of at least 4 members (excludes halogenated alkanes) is 5. The van der Waals surface area contributed by atoms with Crippen molar-refractivity contribution in [2.75, 3.05) is 19.8 Å². The van der Waals surface area contributed by atoms with Crippen LogP contribution in [-0.2, 0) is 9.53 Å². The van der Waals surface area contributed by atoms with E-state index >= 15 is 0 Å². The Balaban J connectivity index is 1.43. The van der Waals surface area contributed by atoms with E-state index in [-0.39, 0.29) is 23.0 Å². The first-order valence-electron chi connectivity index (χ1n) is 14.6. The SMILES string of the molecule is C=C(C)C(=O)OCCCCCCCCOc1ccc(C(=O)Oc2ccc(-c3ccc(OCCC)cc3)cc2[N+](=O)[O-])cc1. The monoisotopic (exact) mass is 589 g/mol. The van der Waals surface area contributed by atoms with Crippen molar-refractivity contribution in [2.45, 2.75) is 58.8 Å². The van der Waals surface area contributed by atoms with Crippen LogP contribution in [0.1, 0.15) is 69.2 Å². The van der Waals surface area contributed by atoms with E-state index < -0.39 is 10.9 Å². The molecule has 0 amide bonds. The third kappa shape index (κ3) is 10.9. The zero-order chi connectivity index (χ0) is 31.0. The predicted molar refractivity (Wildman–Crippen MR) is 165 cm³/mol. The Morgan fingerprint density at radius 1 is 0.767 bits per heavy atom. The van der Waals surface area contributed by atoms with Gasteiger partial charge in [-0.1, -0.05) is 57.4 Å². The van der Waals surface area contributed by atoms with E-state index in [0.717, 1.165) is 56.3 Å². The Morgan fingerprint density at radius 3 is 1.93 bits per heavy atom. The Kier molecular flexibility index (Phi) is 13.2. The fraction of sp³-hybridized carbons (Fsp3) is 0.353. The molecule has 0 saturated carbocycles. The quantitative estimate of drug-likeness (QED) is 0.0365. The molecule has 0 saturated heterocycles. The maximum Gasteiger partial charge on any atom is 0.343 e. The third-order valence-electron chi connectivity index (χ3n) is 6.50. The van der Waals surface area contributed by atoms with E-state index in [0.29, 0.717) is 36.7 Å². The average molecular weight is 590 g/mol. The summed E-state index contributed by atoms with van der Waals surface area (Å²) in [5, 5.41) is 11.8. The van der Waals surface area contributed by atoms with E-state index in [4.69, 9.17) is 18.9 Å². The third-order valence-corrected chi connectivity index (χ3v) is 6.50. The van der Waals surface area contributed by atoms with Gasteiger partial charge in [0.25, 0.3) is 0 Å². The second kappa shape index (κ2) is 17.3. The van der Waals surface area contributed by atoms with Crippen molar-refractivity contribution >= 4 is 17.6 Å². The fourth-order valence-electron chi connectivity index (χ4n) is 4.12. The minimum atomic E-state index is -0.700. The smallest absolute Gasteiger partial charge is 0.343 e. The van der Waals surface area contributed by atoms with Crippen molar-refractivity contribution in [3.8, 4) is 28.4 Å². The molecule has 0 aliphatic heterocycles. The lowest BCUT2D eigenvalue weighted by atomic mass is 10.0. The maximum atomic E-state index is 12.7. The zero-order valence-corrected chi connectivity index (χ0v) is 24.8. The molecular weight excluding hydrogens is 550 g/mol. The lowest BCUT2D eigenvalue weighted by Gasteiger charge is -2.09. The van der Waals surface area contributed by atoms with Crippen LogP contribution in [0.4, 0.5) is 5.69 Å². The summed E-state index contributed by atoms with van der Waals surface area (Å²) in [6, 6.07) is 18.3. The summed E-state index contributed by atoms with van der Waals surface area (Å²) in [6.45, 7) is 8.80. The van der Waals surface area contributed by atoms with Crippen LogP contribution in [0.2, 0.25) is 0 Å². The summed E-state index contributed by atoms with van der Waals surface area (Å²) in [5.41, 5.74) is 1.76. The van der Waals surface area contributed by atoms with E-state index in [1.165, 1.54) is 12.1 Å². The van der Waals surface area contributed by atoms with Crippen LogP contribution in [0.3, 0.4) is 0 Å². The van der Waals surface area contributed by atoms with Gasteiger partial charge in [0.2, 0.25) is 5.75 Å². The van der Waals surface area contributed by atoms with E-state index in [1.54, 1.807) is 37.3 Å². The number of hydrogen-bond donors (Lipinski definition) is 0. The average Bonchev–Trinajstić information content (AvgIpc) is 3.01. The predicted octanol–water partition coefficient (Wildman–Crippen LogP) is 8.11. The summed E-state index contributed by atoms with van der Waals surface area (Å²) in [4.78, 5) is 35.3. The van der Waals surface area contributed by atoms with Crippen molar-refractivity contribution in [3.63, 3.8) is 0 Å². The molecule has 0 spiro atoms. The Bertz CT molecular complexity index is 1370. The minimum absolute atomic E-state index is 0.130. The van der Waals surface area contributed by atoms with Gasteiger partial charge in [0.15, 0.2) is 0 Å². The topological polar surface area (TPSA) is 114 Å². The highest BCUT2D eigenvalue weighted by Gasteiger charge is 2.20. The standard InChI is InChI=1S/C34H39NO8/c1-4-21-40-29-16-11-26(12-17-29)28-15-20-32(31(24-28)35(38)39)43-34(37)27-13-18-30(19-14-27)41-22-9-7-5-6-8-10-23-42-33(36)25(2)3/h11-20,24H,2,4-10,21-23H2,1,3H3. The van der Waals surface area contributed by atoms with Crippen LogP contribution in [0.5, 0.6) is 17.2 Å². The Hall–Kier alpha value is -4.66. The molecule has 0 fully saturated rings. The van der Waals surface area contributed by atoms with E-state index in [1.807, 2.05) is 31.2 Å². The van der Waals surface area contributed by atoms with Crippen LogP contribution in [0.25, 0.3) is 11.1 Å². The van der Waals surface area contributed by atoms with Gasteiger partial charge >= 0.3 is 17.6 Å². The van der Waals surface area contributed by atoms with Gasteiger partial charge in [-0.05, 0) is 79.8 Å². The first kappa shape index (κ1) is 32.8. The van der Waals surface area contributed by atoms with Crippen LogP contribution < -0.4 is 14.2 Å². The molecule has 0 aliphatic carbocycles. The van der Waals surface area contributed by atoms with Crippen LogP contribution in [0, 0.1) is 10.1 Å². The zero-order valence-electron chi connectivity index (χ0n) is 24.8. The van der Waals surface area contributed by atoms with Gasteiger partial charge < -0.3 is 18.9 Å². The van der Waals surface area contributed by atoms with Crippen molar-refractivity contribution in [1.29, 1.82) is 0 Å². The minimum Gasteiger partial charge on any atom is -0.494 e. The maximum absolute atomic E-state index is 12.7. The fourth-order valence-corrected chi connectivity index (χ4v) is 4.12. The molecular formula is C34H39NO8. The Morgan fingerprint density at radius 2 is 1.33 bits per heavy atom. The first-order chi connectivity index (χ1) is 20.8. The van der Waals surface area contributed by atoms with Crippen LogP contribution in [-0.4, -0.2) is 36.7 Å². The lowest BCUT2D eigenvalue weighted by Crippen LogP contribution is -2.10. The number of carbonyl (C=O) groups is 2. The van der Waals surface area contributed by atoms with Gasteiger partial charge in [-0.2, -0.15) is 0 Å². The number of carbonyl (C=O) groups excluding carboxylic acids is 2. The highest BCUT2D eigenvalue weighted by atomic mass is 16.6. The highest BCUT2D eigenvalue weighted by Crippen LogP contribution is 2.33. The number of nitrogens with zero attached hydrogens (tertiary/aromatic N) is 1. The van der Waals surface area contributed by atoms with Crippen molar-refractivity contribution < 1.29 is 33.5 Å². The Labute approximate surface area is 252 Å². The molecule has 43 heavy (non-hydrogen) atoms. The van der Waals surface area contributed by atoms with E-state index in [2.05, 4.69) is 6.58 Å². The molecule has 0 atom stereocenters. The lowest BCUT2D eigenvalue weighted by molar-refractivity contribution is -0.385. The largest absolute Gasteiger partial charge is 0.494 e. The summed E-state index contributed by atoms with van der Waals surface area (Å²) in [6.07, 6.45) is 6.77. The van der Waals surface area contributed by atoms with Crippen LogP contribution >= 0.6 is 0 Å². The van der Waals surface area contributed by atoms with Crippen molar-refractivity contribution in [3.05, 3.63) is 94.6 Å². The number of nitro benzene ring substituents is 1. The number of rotatable bonds is 18. The number of benzene rings is 3. The number of esters is 2. The summed E-state index contributed by atoms with van der Waals surface area (Å²) < 4.78 is 21.8. The molecule has 0 unspecified atom stereocenters. The molecule has 3 aromatic carbocycles. The molecule has 228 valence electrons. The van der Waals surface area contributed by atoms with Gasteiger partial charge in [-0.15, -0.1) is 0 Å². The van der Waals surface area contributed by atoms with Crippen molar-refractivity contribution in [2.24, 2.45) is 0 Å². The number of ether oxygens (including phenoxy) is 4.